The average Bonchev–Trinajstić information content (AvgIpc) is 2.34. The van der Waals surface area contributed by atoms with Crippen LogP contribution in [-0.4, -0.2) is 10.1 Å². The van der Waals surface area contributed by atoms with Crippen LogP contribution in [0.15, 0.2) is 47.2 Å². The highest BCUT2D eigenvalue weighted by molar-refractivity contribution is 9.10. The quantitative estimate of drug-likeness (QED) is 0.936. The van der Waals surface area contributed by atoms with Crippen LogP contribution >= 0.6 is 27.5 Å². The van der Waals surface area contributed by atoms with Gasteiger partial charge in [-0.2, -0.15) is 0 Å². The van der Waals surface area contributed by atoms with E-state index in [1.807, 2.05) is 18.2 Å². The number of rotatable bonds is 3. The smallest absolute Gasteiger partial charge is 0.0832 e. The first-order valence-electron chi connectivity index (χ1n) is 5.19. The molecule has 1 atom stereocenters. The summed E-state index contributed by atoms with van der Waals surface area (Å²) in [6, 6.07) is 9.27. The molecule has 1 aromatic heterocycles. The molecule has 0 radical (unpaired) electrons. The van der Waals surface area contributed by atoms with Crippen molar-refractivity contribution in [3.8, 4) is 0 Å². The Morgan fingerprint density at radius 2 is 1.94 bits per heavy atom. The summed E-state index contributed by atoms with van der Waals surface area (Å²) in [5, 5.41) is 10.7. The van der Waals surface area contributed by atoms with Gasteiger partial charge in [0.05, 0.1) is 6.10 Å². The summed E-state index contributed by atoms with van der Waals surface area (Å²) in [6.07, 6.45) is 3.27. The van der Waals surface area contributed by atoms with Crippen LogP contribution in [0.25, 0.3) is 0 Å². The second-order valence-corrected chi connectivity index (χ2v) is 5.06. The summed E-state index contributed by atoms with van der Waals surface area (Å²) in [5.41, 5.74) is 1.78. The molecule has 2 rings (SSSR count). The molecule has 0 aliphatic heterocycles. The number of aliphatic hydroxyl groups excluding tert-OH is 1. The highest BCUT2D eigenvalue weighted by Gasteiger charge is 2.10. The van der Waals surface area contributed by atoms with Crippen molar-refractivity contribution in [1.29, 1.82) is 0 Å². The maximum atomic E-state index is 10.1. The molecule has 1 aromatic carbocycles. The first-order chi connectivity index (χ1) is 8.16. The molecule has 1 N–H and O–H groups in total. The van der Waals surface area contributed by atoms with Gasteiger partial charge >= 0.3 is 0 Å². The molecule has 1 heterocycles. The van der Waals surface area contributed by atoms with Gasteiger partial charge in [0.25, 0.3) is 0 Å². The Bertz CT molecular complexity index is 504. The predicted octanol–water partition coefficient (Wildman–Crippen LogP) is 3.77. The summed E-state index contributed by atoms with van der Waals surface area (Å²) < 4.78 is 0.935. The molecule has 0 amide bonds. The third-order valence-corrected chi connectivity index (χ3v) is 3.36. The molecule has 1 unspecified atom stereocenters. The molecule has 0 aliphatic carbocycles. The van der Waals surface area contributed by atoms with Gasteiger partial charge in [-0.1, -0.05) is 33.6 Å². The van der Waals surface area contributed by atoms with Gasteiger partial charge in [0.1, 0.15) is 0 Å². The molecule has 0 saturated carbocycles. The molecule has 2 aromatic rings. The van der Waals surface area contributed by atoms with E-state index in [0.717, 1.165) is 15.6 Å². The Labute approximate surface area is 113 Å². The van der Waals surface area contributed by atoms with Crippen LogP contribution in [0.2, 0.25) is 5.02 Å². The van der Waals surface area contributed by atoms with Crippen molar-refractivity contribution in [2.45, 2.75) is 12.5 Å². The van der Waals surface area contributed by atoms with Crippen LogP contribution < -0.4 is 0 Å². The van der Waals surface area contributed by atoms with Gasteiger partial charge in [0, 0.05) is 28.3 Å². The van der Waals surface area contributed by atoms with Gasteiger partial charge < -0.3 is 5.11 Å². The molecule has 0 bridgehead atoms. The van der Waals surface area contributed by atoms with Crippen LogP contribution in [0.4, 0.5) is 0 Å². The summed E-state index contributed by atoms with van der Waals surface area (Å²) in [4.78, 5) is 3.92. The number of halogens is 2. The van der Waals surface area contributed by atoms with Gasteiger partial charge in [-0.25, -0.2) is 0 Å². The summed E-state index contributed by atoms with van der Waals surface area (Å²) >= 11 is 9.46. The third-order valence-electron chi connectivity index (χ3n) is 2.52. The van der Waals surface area contributed by atoms with Crippen molar-refractivity contribution in [1.82, 2.24) is 4.98 Å². The number of hydrogen-bond acceptors (Lipinski definition) is 2. The van der Waals surface area contributed by atoms with Gasteiger partial charge in [0.2, 0.25) is 0 Å². The van der Waals surface area contributed by atoms with Gasteiger partial charge in [-0.15, -0.1) is 0 Å². The van der Waals surface area contributed by atoms with Crippen LogP contribution in [0, 0.1) is 0 Å². The highest BCUT2D eigenvalue weighted by Crippen LogP contribution is 2.26. The summed E-state index contributed by atoms with van der Waals surface area (Å²) in [6.45, 7) is 0. The highest BCUT2D eigenvalue weighted by atomic mass is 79.9. The number of nitrogens with zero attached hydrogens (tertiary/aromatic N) is 1. The topological polar surface area (TPSA) is 33.1 Å². The number of hydrogen-bond donors (Lipinski definition) is 1. The average molecular weight is 313 g/mol. The van der Waals surface area contributed by atoms with E-state index in [1.165, 1.54) is 0 Å². The standard InChI is InChI=1S/C13H11BrClNO/c14-11-2-1-10(12(15)8-11)7-13(17)9-3-5-16-6-4-9/h1-6,8,13,17H,7H2. The fraction of sp³-hybridized carbons (Fsp3) is 0.154. The van der Waals surface area contributed by atoms with E-state index < -0.39 is 6.10 Å². The lowest BCUT2D eigenvalue weighted by atomic mass is 10.0. The van der Waals surface area contributed by atoms with Crippen LogP contribution in [0.5, 0.6) is 0 Å². The minimum Gasteiger partial charge on any atom is -0.388 e. The van der Waals surface area contributed by atoms with Gasteiger partial charge in [0.15, 0.2) is 0 Å². The maximum Gasteiger partial charge on any atom is 0.0832 e. The molecule has 2 nitrogen and oxygen atoms in total. The molecule has 0 aliphatic rings. The van der Waals surface area contributed by atoms with Crippen molar-refractivity contribution in [2.75, 3.05) is 0 Å². The first kappa shape index (κ1) is 12.6. The van der Waals surface area contributed by atoms with E-state index in [4.69, 9.17) is 11.6 Å². The van der Waals surface area contributed by atoms with Crippen molar-refractivity contribution >= 4 is 27.5 Å². The molecule has 0 spiro atoms. The molecule has 0 saturated heterocycles. The fourth-order valence-corrected chi connectivity index (χ4v) is 2.35. The number of pyridine rings is 1. The molecular formula is C13H11BrClNO. The predicted molar refractivity (Wildman–Crippen MR) is 72.1 cm³/mol. The van der Waals surface area contributed by atoms with E-state index in [0.29, 0.717) is 11.4 Å². The fourth-order valence-electron chi connectivity index (χ4n) is 1.60. The second-order valence-electron chi connectivity index (χ2n) is 3.74. The Balaban J connectivity index is 2.16. The van der Waals surface area contributed by atoms with Crippen LogP contribution in [-0.2, 0) is 6.42 Å². The maximum absolute atomic E-state index is 10.1. The zero-order valence-electron chi connectivity index (χ0n) is 8.98. The minimum atomic E-state index is -0.559. The lowest BCUT2D eigenvalue weighted by Crippen LogP contribution is -2.02. The van der Waals surface area contributed by atoms with Crippen molar-refractivity contribution in [3.63, 3.8) is 0 Å². The summed E-state index contributed by atoms with van der Waals surface area (Å²) in [7, 11) is 0. The third kappa shape index (κ3) is 3.28. The lowest BCUT2D eigenvalue weighted by molar-refractivity contribution is 0.178. The minimum absolute atomic E-state index is 0.496. The van der Waals surface area contributed by atoms with Crippen molar-refractivity contribution in [2.24, 2.45) is 0 Å². The monoisotopic (exact) mass is 311 g/mol. The number of aliphatic hydroxyl groups is 1. The van der Waals surface area contributed by atoms with E-state index in [9.17, 15) is 5.11 Å². The zero-order chi connectivity index (χ0) is 12.3. The zero-order valence-corrected chi connectivity index (χ0v) is 11.3. The molecular weight excluding hydrogens is 302 g/mol. The Morgan fingerprint density at radius 3 is 2.59 bits per heavy atom. The summed E-state index contributed by atoms with van der Waals surface area (Å²) in [5.74, 6) is 0. The Morgan fingerprint density at radius 1 is 1.24 bits per heavy atom. The van der Waals surface area contributed by atoms with E-state index in [2.05, 4.69) is 20.9 Å². The molecule has 17 heavy (non-hydrogen) atoms. The van der Waals surface area contributed by atoms with Crippen molar-refractivity contribution in [3.05, 3.63) is 63.3 Å². The van der Waals surface area contributed by atoms with Crippen LogP contribution in [0.3, 0.4) is 0 Å². The molecule has 88 valence electrons. The van der Waals surface area contributed by atoms with Crippen LogP contribution in [0.1, 0.15) is 17.2 Å². The molecule has 4 heteroatoms. The van der Waals surface area contributed by atoms with E-state index >= 15 is 0 Å². The first-order valence-corrected chi connectivity index (χ1v) is 6.36. The molecule has 0 fully saturated rings. The Kier molecular flexibility index (Phi) is 4.15. The largest absolute Gasteiger partial charge is 0.388 e. The SMILES string of the molecule is OC(Cc1ccc(Br)cc1Cl)c1ccncc1. The number of aromatic nitrogens is 1. The lowest BCUT2D eigenvalue weighted by Gasteiger charge is -2.12. The Hall–Kier alpha value is -0.900. The number of benzene rings is 1. The van der Waals surface area contributed by atoms with Crippen molar-refractivity contribution < 1.29 is 5.11 Å². The second kappa shape index (κ2) is 5.63. The van der Waals surface area contributed by atoms with E-state index in [-0.39, 0.29) is 0 Å². The van der Waals surface area contributed by atoms with E-state index in [1.54, 1.807) is 24.5 Å². The normalized spacial score (nSPS) is 12.4. The van der Waals surface area contributed by atoms with Gasteiger partial charge in [-0.05, 0) is 35.4 Å². The van der Waals surface area contributed by atoms with Gasteiger partial charge in [-0.3, -0.25) is 4.98 Å².